The van der Waals surface area contributed by atoms with Gasteiger partial charge in [0, 0.05) is 62.9 Å². The molecular weight excluding hydrogens is 396 g/mol. The van der Waals surface area contributed by atoms with E-state index < -0.39 is 0 Å². The summed E-state index contributed by atoms with van der Waals surface area (Å²) < 4.78 is 5.33. The van der Waals surface area contributed by atoms with Gasteiger partial charge >= 0.3 is 0 Å². The van der Waals surface area contributed by atoms with Crippen molar-refractivity contribution in [2.75, 3.05) is 37.6 Å². The summed E-state index contributed by atoms with van der Waals surface area (Å²) in [5, 5.41) is 4.07. The number of amides is 2. The highest BCUT2D eigenvalue weighted by Crippen LogP contribution is 2.39. The predicted molar refractivity (Wildman–Crippen MR) is 113 cm³/mol. The van der Waals surface area contributed by atoms with Crippen LogP contribution < -0.4 is 4.90 Å². The Bertz CT molecular complexity index is 960. The van der Waals surface area contributed by atoms with Crippen molar-refractivity contribution in [1.29, 1.82) is 0 Å². The summed E-state index contributed by atoms with van der Waals surface area (Å²) in [4.78, 5) is 40.0. The Balaban J connectivity index is 1.17. The molecular formula is C22H28N6O3. The first kappa shape index (κ1) is 20.0. The molecule has 31 heavy (non-hydrogen) atoms. The first-order chi connectivity index (χ1) is 15.0. The minimum Gasteiger partial charge on any atom is -0.353 e. The molecule has 0 N–H and O–H groups in total. The van der Waals surface area contributed by atoms with E-state index in [1.807, 2.05) is 35.8 Å². The van der Waals surface area contributed by atoms with Crippen LogP contribution in [0.25, 0.3) is 11.4 Å². The fourth-order valence-corrected chi connectivity index (χ4v) is 4.36. The van der Waals surface area contributed by atoms with Crippen molar-refractivity contribution in [2.45, 2.75) is 45.1 Å². The van der Waals surface area contributed by atoms with Crippen molar-refractivity contribution < 1.29 is 14.1 Å². The molecule has 0 aromatic carbocycles. The smallest absolute Gasteiger partial charge is 0.230 e. The highest BCUT2D eigenvalue weighted by atomic mass is 16.5. The summed E-state index contributed by atoms with van der Waals surface area (Å²) in [6.07, 6.45) is 4.36. The standard InChI is InChI=1S/C22H28N6O3/c1-14(2)28-13-17(11-19(28)29)22(30)27-9-7-26(8-10-27)18-6-5-16(12-23-18)20-24-21(31-25-20)15-3-4-15/h5-6,12,14-15,17H,3-4,7-11,13H2,1-2H3. The lowest BCUT2D eigenvalue weighted by Crippen LogP contribution is -2.51. The quantitative estimate of drug-likeness (QED) is 0.723. The Morgan fingerprint density at radius 2 is 1.94 bits per heavy atom. The SMILES string of the molecule is CC(C)N1CC(C(=O)N2CCN(c3ccc(-c4noc(C5CC5)n4)cn3)CC2)CC1=O. The van der Waals surface area contributed by atoms with Crippen molar-refractivity contribution in [2.24, 2.45) is 5.92 Å². The number of piperazine rings is 1. The van der Waals surface area contributed by atoms with Gasteiger partial charge in [-0.3, -0.25) is 9.59 Å². The summed E-state index contributed by atoms with van der Waals surface area (Å²) in [6.45, 7) is 7.26. The summed E-state index contributed by atoms with van der Waals surface area (Å²) in [7, 11) is 0. The Morgan fingerprint density at radius 3 is 2.55 bits per heavy atom. The Labute approximate surface area is 181 Å². The summed E-state index contributed by atoms with van der Waals surface area (Å²) in [5.74, 6) is 2.59. The number of anilines is 1. The van der Waals surface area contributed by atoms with Gasteiger partial charge in [-0.25, -0.2) is 4.98 Å². The van der Waals surface area contributed by atoms with Crippen LogP contribution in [0.3, 0.4) is 0 Å². The second kappa shape index (κ2) is 7.94. The van der Waals surface area contributed by atoms with Crippen LogP contribution in [0.2, 0.25) is 0 Å². The monoisotopic (exact) mass is 424 g/mol. The zero-order valence-corrected chi connectivity index (χ0v) is 18.0. The number of hydrogen-bond acceptors (Lipinski definition) is 7. The topological polar surface area (TPSA) is 95.7 Å². The van der Waals surface area contributed by atoms with E-state index in [1.54, 1.807) is 6.20 Å². The first-order valence-electron chi connectivity index (χ1n) is 11.1. The van der Waals surface area contributed by atoms with Gasteiger partial charge in [0.15, 0.2) is 0 Å². The highest BCUT2D eigenvalue weighted by molar-refractivity contribution is 5.89. The molecule has 2 aromatic heterocycles. The zero-order valence-electron chi connectivity index (χ0n) is 18.0. The normalized spacial score (nSPS) is 22.0. The number of nitrogens with zero attached hydrogens (tertiary/aromatic N) is 6. The lowest BCUT2D eigenvalue weighted by molar-refractivity contribution is -0.136. The van der Waals surface area contributed by atoms with Crippen molar-refractivity contribution in [3.8, 4) is 11.4 Å². The Morgan fingerprint density at radius 1 is 1.16 bits per heavy atom. The van der Waals surface area contributed by atoms with E-state index in [-0.39, 0.29) is 23.8 Å². The molecule has 2 aromatic rings. The summed E-state index contributed by atoms with van der Waals surface area (Å²) in [6, 6.07) is 4.08. The Hall–Kier alpha value is -2.97. The average Bonchev–Trinajstić information content (AvgIpc) is 3.38. The number of rotatable bonds is 5. The molecule has 9 nitrogen and oxygen atoms in total. The van der Waals surface area contributed by atoms with Crippen molar-refractivity contribution >= 4 is 17.6 Å². The molecule has 2 aliphatic heterocycles. The molecule has 0 bridgehead atoms. The molecule has 9 heteroatoms. The van der Waals surface area contributed by atoms with Crippen molar-refractivity contribution in [1.82, 2.24) is 24.9 Å². The number of pyridine rings is 1. The third-order valence-corrected chi connectivity index (χ3v) is 6.42. The lowest BCUT2D eigenvalue weighted by atomic mass is 10.1. The van der Waals surface area contributed by atoms with Gasteiger partial charge < -0.3 is 19.2 Å². The molecule has 1 unspecified atom stereocenters. The summed E-state index contributed by atoms with van der Waals surface area (Å²) >= 11 is 0. The van der Waals surface area contributed by atoms with Crippen molar-refractivity contribution in [3.05, 3.63) is 24.2 Å². The van der Waals surface area contributed by atoms with E-state index in [4.69, 9.17) is 4.52 Å². The third kappa shape index (κ3) is 4.00. The van der Waals surface area contributed by atoms with Crippen LogP contribution in [-0.2, 0) is 9.59 Å². The van der Waals surface area contributed by atoms with Gasteiger partial charge in [0.2, 0.25) is 23.5 Å². The molecule has 4 heterocycles. The average molecular weight is 425 g/mol. The van der Waals surface area contributed by atoms with Gasteiger partial charge in [-0.1, -0.05) is 5.16 Å². The molecule has 3 aliphatic rings. The number of carbonyl (C=O) groups is 2. The minimum atomic E-state index is -0.214. The molecule has 1 atom stereocenters. The van der Waals surface area contributed by atoms with Gasteiger partial charge in [0.05, 0.1) is 5.92 Å². The highest BCUT2D eigenvalue weighted by Gasteiger charge is 2.38. The number of aromatic nitrogens is 3. The van der Waals surface area contributed by atoms with Gasteiger partial charge in [-0.2, -0.15) is 4.98 Å². The molecule has 2 saturated heterocycles. The lowest BCUT2D eigenvalue weighted by Gasteiger charge is -2.36. The molecule has 5 rings (SSSR count). The largest absolute Gasteiger partial charge is 0.353 e. The fourth-order valence-electron chi connectivity index (χ4n) is 4.36. The summed E-state index contributed by atoms with van der Waals surface area (Å²) in [5.41, 5.74) is 0.842. The van der Waals surface area contributed by atoms with Crippen LogP contribution in [0.1, 0.15) is 44.9 Å². The fraction of sp³-hybridized carbons (Fsp3) is 0.591. The van der Waals surface area contributed by atoms with E-state index in [9.17, 15) is 9.59 Å². The van der Waals surface area contributed by atoms with Crippen LogP contribution in [0.15, 0.2) is 22.9 Å². The van der Waals surface area contributed by atoms with E-state index in [2.05, 4.69) is 20.0 Å². The van der Waals surface area contributed by atoms with Gasteiger partial charge in [-0.05, 0) is 38.8 Å². The van der Waals surface area contributed by atoms with Crippen LogP contribution >= 0.6 is 0 Å². The van der Waals surface area contributed by atoms with Gasteiger partial charge in [-0.15, -0.1) is 0 Å². The van der Waals surface area contributed by atoms with Crippen molar-refractivity contribution in [3.63, 3.8) is 0 Å². The minimum absolute atomic E-state index is 0.0853. The van der Waals surface area contributed by atoms with Crippen LogP contribution in [0.4, 0.5) is 5.82 Å². The Kier molecular flexibility index (Phi) is 5.11. The molecule has 0 spiro atoms. The first-order valence-corrected chi connectivity index (χ1v) is 11.1. The second-order valence-corrected chi connectivity index (χ2v) is 8.99. The third-order valence-electron chi connectivity index (χ3n) is 6.42. The maximum Gasteiger partial charge on any atom is 0.230 e. The molecule has 0 radical (unpaired) electrons. The van der Waals surface area contributed by atoms with E-state index in [0.717, 1.165) is 43.2 Å². The molecule has 2 amide bonds. The maximum absolute atomic E-state index is 12.9. The molecule has 1 aliphatic carbocycles. The molecule has 1 saturated carbocycles. The predicted octanol–water partition coefficient (Wildman–Crippen LogP) is 1.91. The molecule has 164 valence electrons. The zero-order chi connectivity index (χ0) is 21.5. The second-order valence-electron chi connectivity index (χ2n) is 8.99. The number of likely N-dealkylation sites (tertiary alicyclic amines) is 1. The maximum atomic E-state index is 12.9. The van der Waals surface area contributed by atoms with E-state index in [0.29, 0.717) is 37.8 Å². The van der Waals surface area contributed by atoms with Gasteiger partial charge in [0.1, 0.15) is 5.82 Å². The van der Waals surface area contributed by atoms with Crippen LogP contribution in [-0.4, -0.2) is 75.5 Å². The van der Waals surface area contributed by atoms with Crippen LogP contribution in [0, 0.1) is 5.92 Å². The van der Waals surface area contributed by atoms with E-state index >= 15 is 0 Å². The van der Waals surface area contributed by atoms with E-state index in [1.165, 1.54) is 0 Å². The molecule has 3 fully saturated rings. The number of carbonyl (C=O) groups excluding carboxylic acids is 2. The number of hydrogen-bond donors (Lipinski definition) is 0. The van der Waals surface area contributed by atoms with Crippen LogP contribution in [0.5, 0.6) is 0 Å². The van der Waals surface area contributed by atoms with Gasteiger partial charge in [0.25, 0.3) is 0 Å².